The molecule has 0 fully saturated rings. The number of aliphatic hydroxyl groups excluding tert-OH is 1. The molecule has 0 aliphatic carbocycles. The van der Waals surface area contributed by atoms with Crippen molar-refractivity contribution in [3.8, 4) is 11.8 Å². The number of benzene rings is 1. The molecule has 108 valence electrons. The van der Waals surface area contributed by atoms with Crippen LogP contribution in [-0.2, 0) is 0 Å². The first-order chi connectivity index (χ1) is 10.1. The normalized spacial score (nSPS) is 9.86. The van der Waals surface area contributed by atoms with E-state index in [1.807, 2.05) is 0 Å². The van der Waals surface area contributed by atoms with Crippen molar-refractivity contribution in [1.82, 2.24) is 5.16 Å². The fraction of sp³-hybridized carbons (Fsp3) is 0.200. The Morgan fingerprint density at radius 3 is 3.00 bits per heavy atom. The molecule has 0 unspecified atom stereocenters. The topological polar surface area (TPSA) is 75.4 Å². The Balaban J connectivity index is 2.26. The van der Waals surface area contributed by atoms with Crippen LogP contribution in [0.4, 0.5) is 5.69 Å². The molecule has 0 bridgehead atoms. The van der Waals surface area contributed by atoms with Gasteiger partial charge in [-0.2, -0.15) is 0 Å². The summed E-state index contributed by atoms with van der Waals surface area (Å²) in [4.78, 5) is 12.1. The predicted molar refractivity (Wildman–Crippen MR) is 79.2 cm³/mol. The van der Waals surface area contributed by atoms with E-state index < -0.39 is 5.91 Å². The van der Waals surface area contributed by atoms with Gasteiger partial charge < -0.3 is 14.9 Å². The van der Waals surface area contributed by atoms with Gasteiger partial charge in [0, 0.05) is 22.6 Å². The van der Waals surface area contributed by atoms with Gasteiger partial charge in [-0.25, -0.2) is 0 Å². The smallest absolute Gasteiger partial charge is 0.294 e. The molecule has 2 N–H and O–H groups in total. The molecule has 1 aromatic heterocycles. The lowest BCUT2D eigenvalue weighted by Gasteiger charge is -2.06. The van der Waals surface area contributed by atoms with Crippen LogP contribution in [-0.4, -0.2) is 22.8 Å². The highest BCUT2D eigenvalue weighted by Gasteiger charge is 2.15. The highest BCUT2D eigenvalue weighted by molar-refractivity contribution is 6.30. The molecule has 2 rings (SSSR count). The number of carbonyl (C=O) groups excluding carboxylic acids is 1. The van der Waals surface area contributed by atoms with Gasteiger partial charge in [-0.1, -0.05) is 28.6 Å². The van der Waals surface area contributed by atoms with Gasteiger partial charge in [-0.15, -0.1) is 0 Å². The molecule has 0 aliphatic rings. The SMILES string of the molecule is Cc1cnoc1C(=O)Nc1ccc(Cl)cc1C#CCCO. The number of aromatic nitrogens is 1. The monoisotopic (exact) mass is 304 g/mol. The van der Waals surface area contributed by atoms with Crippen molar-refractivity contribution < 1.29 is 14.4 Å². The highest BCUT2D eigenvalue weighted by Crippen LogP contribution is 2.21. The van der Waals surface area contributed by atoms with Crippen LogP contribution in [0.3, 0.4) is 0 Å². The standard InChI is InChI=1S/C15H13ClN2O3/c1-10-9-17-21-14(10)15(20)18-13-6-5-12(16)8-11(13)4-2-3-7-19/h5-6,8-9,19H,3,7H2,1H3,(H,18,20). The summed E-state index contributed by atoms with van der Waals surface area (Å²) in [6, 6.07) is 4.96. The van der Waals surface area contributed by atoms with E-state index in [-0.39, 0.29) is 12.4 Å². The molecule has 0 saturated heterocycles. The Labute approximate surface area is 126 Å². The maximum absolute atomic E-state index is 12.1. The molecule has 21 heavy (non-hydrogen) atoms. The van der Waals surface area contributed by atoms with E-state index in [4.69, 9.17) is 21.2 Å². The first-order valence-electron chi connectivity index (χ1n) is 6.23. The molecule has 0 aliphatic heterocycles. The minimum absolute atomic E-state index is 0.0213. The van der Waals surface area contributed by atoms with Crippen LogP contribution in [0, 0.1) is 18.8 Å². The molecule has 6 heteroatoms. The average molecular weight is 305 g/mol. The van der Waals surface area contributed by atoms with Crippen molar-refractivity contribution in [2.24, 2.45) is 0 Å². The van der Waals surface area contributed by atoms with Crippen LogP contribution in [0.25, 0.3) is 0 Å². The molecular formula is C15H13ClN2O3. The highest BCUT2D eigenvalue weighted by atomic mass is 35.5. The summed E-state index contributed by atoms with van der Waals surface area (Å²) in [5, 5.41) is 15.5. The maximum Gasteiger partial charge on any atom is 0.294 e. The van der Waals surface area contributed by atoms with Crippen molar-refractivity contribution in [1.29, 1.82) is 0 Å². The number of amides is 1. The number of hydrogen-bond acceptors (Lipinski definition) is 4. The average Bonchev–Trinajstić information content (AvgIpc) is 2.88. The van der Waals surface area contributed by atoms with E-state index in [0.717, 1.165) is 0 Å². The lowest BCUT2D eigenvalue weighted by molar-refractivity contribution is 0.0987. The van der Waals surface area contributed by atoms with E-state index in [1.54, 1.807) is 25.1 Å². The summed E-state index contributed by atoms with van der Waals surface area (Å²) in [5.74, 6) is 5.40. The minimum Gasteiger partial charge on any atom is -0.395 e. The molecule has 1 heterocycles. The Morgan fingerprint density at radius 1 is 1.52 bits per heavy atom. The second-order valence-corrected chi connectivity index (χ2v) is 4.69. The number of aliphatic hydroxyl groups is 1. The van der Waals surface area contributed by atoms with E-state index in [2.05, 4.69) is 22.3 Å². The van der Waals surface area contributed by atoms with E-state index >= 15 is 0 Å². The third-order valence-electron chi connectivity index (χ3n) is 2.64. The van der Waals surface area contributed by atoms with Crippen LogP contribution in [0.2, 0.25) is 5.02 Å². The van der Waals surface area contributed by atoms with Crippen LogP contribution >= 0.6 is 11.6 Å². The van der Waals surface area contributed by atoms with Gasteiger partial charge >= 0.3 is 0 Å². The van der Waals surface area contributed by atoms with Gasteiger partial charge in [-0.3, -0.25) is 4.79 Å². The molecule has 0 saturated carbocycles. The van der Waals surface area contributed by atoms with Crippen molar-refractivity contribution in [2.75, 3.05) is 11.9 Å². The maximum atomic E-state index is 12.1. The van der Waals surface area contributed by atoms with Crippen molar-refractivity contribution in [3.63, 3.8) is 0 Å². The van der Waals surface area contributed by atoms with Gasteiger partial charge in [0.15, 0.2) is 0 Å². The van der Waals surface area contributed by atoms with Gasteiger partial charge in [0.1, 0.15) is 0 Å². The Morgan fingerprint density at radius 2 is 2.33 bits per heavy atom. The second kappa shape index (κ2) is 6.93. The second-order valence-electron chi connectivity index (χ2n) is 4.26. The lowest BCUT2D eigenvalue weighted by Crippen LogP contribution is -2.13. The summed E-state index contributed by atoms with van der Waals surface area (Å²) < 4.78 is 4.90. The Hall–Kier alpha value is -2.29. The lowest BCUT2D eigenvalue weighted by atomic mass is 10.1. The zero-order valence-corrected chi connectivity index (χ0v) is 12.1. The Bertz CT molecular complexity index is 713. The number of nitrogens with one attached hydrogen (secondary N) is 1. The summed E-state index contributed by atoms with van der Waals surface area (Å²) in [6.07, 6.45) is 1.82. The fourth-order valence-corrected chi connectivity index (χ4v) is 1.80. The first-order valence-corrected chi connectivity index (χ1v) is 6.61. The van der Waals surface area contributed by atoms with Gasteiger partial charge in [0.05, 0.1) is 18.5 Å². The number of aryl methyl sites for hydroxylation is 1. The summed E-state index contributed by atoms with van der Waals surface area (Å²) in [5.41, 5.74) is 1.74. The van der Waals surface area contributed by atoms with Crippen molar-refractivity contribution in [2.45, 2.75) is 13.3 Å². The molecule has 2 aromatic rings. The van der Waals surface area contributed by atoms with Crippen LogP contribution < -0.4 is 5.32 Å². The third-order valence-corrected chi connectivity index (χ3v) is 2.88. The van der Waals surface area contributed by atoms with E-state index in [9.17, 15) is 4.79 Å². The van der Waals surface area contributed by atoms with Crippen LogP contribution in [0.5, 0.6) is 0 Å². The largest absolute Gasteiger partial charge is 0.395 e. The zero-order valence-electron chi connectivity index (χ0n) is 11.3. The summed E-state index contributed by atoms with van der Waals surface area (Å²) in [7, 11) is 0. The van der Waals surface area contributed by atoms with Gasteiger partial charge in [0.2, 0.25) is 5.76 Å². The fourth-order valence-electron chi connectivity index (χ4n) is 1.63. The zero-order chi connectivity index (χ0) is 15.2. The molecule has 0 spiro atoms. The number of nitrogens with zero attached hydrogens (tertiary/aromatic N) is 1. The quantitative estimate of drug-likeness (QED) is 0.855. The number of halogens is 1. The predicted octanol–water partition coefficient (Wildman–Crippen LogP) is 2.62. The number of anilines is 1. The molecule has 1 aromatic carbocycles. The van der Waals surface area contributed by atoms with E-state index in [1.165, 1.54) is 6.20 Å². The van der Waals surface area contributed by atoms with Gasteiger partial charge in [0.25, 0.3) is 5.91 Å². The molecule has 0 atom stereocenters. The summed E-state index contributed by atoms with van der Waals surface area (Å²) in [6.45, 7) is 1.71. The van der Waals surface area contributed by atoms with Crippen molar-refractivity contribution >= 4 is 23.2 Å². The molecule has 0 radical (unpaired) electrons. The molecule has 5 nitrogen and oxygen atoms in total. The summed E-state index contributed by atoms with van der Waals surface area (Å²) >= 11 is 5.93. The molecule has 1 amide bonds. The van der Waals surface area contributed by atoms with Crippen LogP contribution in [0.1, 0.15) is 28.1 Å². The minimum atomic E-state index is -0.405. The molecular weight excluding hydrogens is 292 g/mol. The first kappa shape index (κ1) is 15.1. The number of carbonyl (C=O) groups is 1. The van der Waals surface area contributed by atoms with E-state index in [0.29, 0.717) is 28.3 Å². The van der Waals surface area contributed by atoms with Crippen molar-refractivity contribution in [3.05, 3.63) is 46.3 Å². The number of hydrogen-bond donors (Lipinski definition) is 2. The number of rotatable bonds is 3. The van der Waals surface area contributed by atoms with Crippen LogP contribution in [0.15, 0.2) is 28.9 Å². The Kier molecular flexibility index (Phi) is 4.99. The van der Waals surface area contributed by atoms with Gasteiger partial charge in [-0.05, 0) is 25.1 Å². The third kappa shape index (κ3) is 3.85.